The predicted octanol–water partition coefficient (Wildman–Crippen LogP) is 1.78. The summed E-state index contributed by atoms with van der Waals surface area (Å²) in [6, 6.07) is 2.15. The number of hydrogen-bond acceptors (Lipinski definition) is 5. The summed E-state index contributed by atoms with van der Waals surface area (Å²) in [5.41, 5.74) is 5.61. The van der Waals surface area contributed by atoms with Gasteiger partial charge in [0.2, 0.25) is 0 Å². The van der Waals surface area contributed by atoms with E-state index in [4.69, 9.17) is 5.73 Å². The molecule has 0 bridgehead atoms. The lowest BCUT2D eigenvalue weighted by Crippen LogP contribution is -2.29. The van der Waals surface area contributed by atoms with Gasteiger partial charge in [0.05, 0.1) is 5.39 Å². The van der Waals surface area contributed by atoms with Gasteiger partial charge in [0, 0.05) is 24.5 Å². The molecule has 2 N–H and O–H groups in total. The van der Waals surface area contributed by atoms with E-state index in [9.17, 15) is 0 Å². The van der Waals surface area contributed by atoms with Crippen molar-refractivity contribution >= 4 is 27.4 Å². The molecule has 0 saturated heterocycles. The van der Waals surface area contributed by atoms with E-state index in [-0.39, 0.29) is 0 Å². The van der Waals surface area contributed by atoms with Crippen molar-refractivity contribution in [3.63, 3.8) is 0 Å². The molecule has 0 atom stereocenters. The topological polar surface area (TPSA) is 55.0 Å². The minimum absolute atomic E-state index is 0.641. The molecular weight excluding hydrogens is 220 g/mol. The molecule has 2 aromatic rings. The molecule has 0 aliphatic rings. The maximum absolute atomic E-state index is 5.61. The maximum Gasteiger partial charge on any atom is 0.140 e. The Kier molecular flexibility index (Phi) is 3.36. The van der Waals surface area contributed by atoms with E-state index in [1.165, 1.54) is 4.88 Å². The molecule has 16 heavy (non-hydrogen) atoms. The number of fused-ring (bicyclic) bond motifs is 1. The molecular formula is C11H16N4S. The quantitative estimate of drug-likeness (QED) is 0.879. The number of nitrogens with two attached hydrogens (primary N) is 1. The van der Waals surface area contributed by atoms with Crippen molar-refractivity contribution in [1.82, 2.24) is 9.97 Å². The van der Waals surface area contributed by atoms with E-state index in [1.807, 2.05) is 0 Å². The van der Waals surface area contributed by atoms with Crippen molar-refractivity contribution in [3.8, 4) is 0 Å². The van der Waals surface area contributed by atoms with Gasteiger partial charge < -0.3 is 10.6 Å². The van der Waals surface area contributed by atoms with Crippen molar-refractivity contribution in [1.29, 1.82) is 0 Å². The molecule has 0 aromatic carbocycles. The number of rotatable bonds is 4. The third-order valence-electron chi connectivity index (χ3n) is 2.51. The zero-order chi connectivity index (χ0) is 11.5. The molecule has 0 saturated carbocycles. The number of aryl methyl sites for hydroxylation is 1. The minimum Gasteiger partial charge on any atom is -0.355 e. The molecule has 0 fully saturated rings. The molecule has 0 spiro atoms. The van der Waals surface area contributed by atoms with Gasteiger partial charge >= 0.3 is 0 Å². The minimum atomic E-state index is 0.641. The van der Waals surface area contributed by atoms with E-state index in [0.29, 0.717) is 6.54 Å². The summed E-state index contributed by atoms with van der Waals surface area (Å²) in [6.45, 7) is 6.59. The standard InChI is InChI=1S/C11H16N4S/c1-3-15(5-4-12)10-9-6-8(2)16-11(9)14-7-13-10/h6-7H,3-5,12H2,1-2H3. The third kappa shape index (κ3) is 2.01. The number of hydrogen-bond donors (Lipinski definition) is 1. The Morgan fingerprint density at radius 3 is 2.94 bits per heavy atom. The first kappa shape index (κ1) is 11.3. The van der Waals surface area contributed by atoms with Crippen LogP contribution in [-0.2, 0) is 0 Å². The van der Waals surface area contributed by atoms with Gasteiger partial charge in [0.1, 0.15) is 17.0 Å². The maximum atomic E-state index is 5.61. The molecule has 5 heteroatoms. The van der Waals surface area contributed by atoms with E-state index in [1.54, 1.807) is 17.7 Å². The van der Waals surface area contributed by atoms with Gasteiger partial charge in [-0.3, -0.25) is 0 Å². The highest BCUT2D eigenvalue weighted by Crippen LogP contribution is 2.29. The highest BCUT2D eigenvalue weighted by molar-refractivity contribution is 7.18. The first-order chi connectivity index (χ1) is 7.76. The van der Waals surface area contributed by atoms with Crippen LogP contribution in [-0.4, -0.2) is 29.6 Å². The number of nitrogens with zero attached hydrogens (tertiary/aromatic N) is 3. The molecule has 0 amide bonds. The van der Waals surface area contributed by atoms with Gasteiger partial charge in [0.25, 0.3) is 0 Å². The second-order valence-electron chi connectivity index (χ2n) is 3.64. The van der Waals surface area contributed by atoms with Crippen molar-refractivity contribution in [2.45, 2.75) is 13.8 Å². The van der Waals surface area contributed by atoms with Crippen molar-refractivity contribution < 1.29 is 0 Å². The van der Waals surface area contributed by atoms with Crippen LogP contribution >= 0.6 is 11.3 Å². The SMILES string of the molecule is CCN(CCN)c1ncnc2sc(C)cc12. The fourth-order valence-electron chi connectivity index (χ4n) is 1.79. The average Bonchev–Trinajstić information content (AvgIpc) is 2.66. The zero-order valence-corrected chi connectivity index (χ0v) is 10.4. The van der Waals surface area contributed by atoms with Crippen LogP contribution in [0.4, 0.5) is 5.82 Å². The molecule has 2 rings (SSSR count). The highest BCUT2D eigenvalue weighted by Gasteiger charge is 2.11. The van der Waals surface area contributed by atoms with Crippen LogP contribution in [0.15, 0.2) is 12.4 Å². The Bertz CT molecular complexity index is 480. The normalized spacial score (nSPS) is 10.9. The summed E-state index contributed by atoms with van der Waals surface area (Å²) in [4.78, 5) is 13.2. The predicted molar refractivity (Wildman–Crippen MR) is 69.1 cm³/mol. The fraction of sp³-hybridized carbons (Fsp3) is 0.455. The van der Waals surface area contributed by atoms with Crippen LogP contribution in [0.2, 0.25) is 0 Å². The summed E-state index contributed by atoms with van der Waals surface area (Å²) in [6.07, 6.45) is 1.63. The number of thiophene rings is 1. The lowest BCUT2D eigenvalue weighted by molar-refractivity contribution is 0.804. The van der Waals surface area contributed by atoms with Gasteiger partial charge in [0.15, 0.2) is 0 Å². The van der Waals surface area contributed by atoms with Crippen LogP contribution in [0.1, 0.15) is 11.8 Å². The Morgan fingerprint density at radius 1 is 1.44 bits per heavy atom. The monoisotopic (exact) mass is 236 g/mol. The first-order valence-electron chi connectivity index (χ1n) is 5.42. The van der Waals surface area contributed by atoms with Crippen LogP contribution in [0.25, 0.3) is 10.2 Å². The largest absolute Gasteiger partial charge is 0.355 e. The van der Waals surface area contributed by atoms with Crippen LogP contribution in [0.5, 0.6) is 0 Å². The zero-order valence-electron chi connectivity index (χ0n) is 9.60. The molecule has 0 radical (unpaired) electrons. The first-order valence-corrected chi connectivity index (χ1v) is 6.24. The Balaban J connectivity index is 2.49. The Labute approximate surface area is 99.1 Å². The summed E-state index contributed by atoms with van der Waals surface area (Å²) < 4.78 is 0. The summed E-state index contributed by atoms with van der Waals surface area (Å²) >= 11 is 1.70. The number of anilines is 1. The second-order valence-corrected chi connectivity index (χ2v) is 4.88. The molecule has 0 aliphatic heterocycles. The molecule has 0 unspecified atom stereocenters. The number of aromatic nitrogens is 2. The van der Waals surface area contributed by atoms with E-state index >= 15 is 0 Å². The Morgan fingerprint density at radius 2 is 2.25 bits per heavy atom. The third-order valence-corrected chi connectivity index (χ3v) is 3.47. The average molecular weight is 236 g/mol. The molecule has 0 aliphatic carbocycles. The lowest BCUT2D eigenvalue weighted by atomic mass is 10.3. The van der Waals surface area contributed by atoms with Crippen LogP contribution in [0.3, 0.4) is 0 Å². The van der Waals surface area contributed by atoms with Crippen LogP contribution in [0, 0.1) is 6.92 Å². The van der Waals surface area contributed by atoms with Gasteiger partial charge in [-0.25, -0.2) is 9.97 Å². The summed E-state index contributed by atoms with van der Waals surface area (Å²) in [5.74, 6) is 1.00. The van der Waals surface area contributed by atoms with Crippen molar-refractivity contribution in [3.05, 3.63) is 17.3 Å². The van der Waals surface area contributed by atoms with Gasteiger partial charge in [-0.1, -0.05) is 0 Å². The van der Waals surface area contributed by atoms with E-state index in [2.05, 4.69) is 34.8 Å². The molecule has 2 aromatic heterocycles. The van der Waals surface area contributed by atoms with Gasteiger partial charge in [-0.05, 0) is 19.9 Å². The van der Waals surface area contributed by atoms with Crippen molar-refractivity contribution in [2.24, 2.45) is 5.73 Å². The molecule has 4 nitrogen and oxygen atoms in total. The van der Waals surface area contributed by atoms with Gasteiger partial charge in [-0.2, -0.15) is 0 Å². The lowest BCUT2D eigenvalue weighted by Gasteiger charge is -2.21. The molecule has 2 heterocycles. The van der Waals surface area contributed by atoms with E-state index in [0.717, 1.165) is 29.1 Å². The van der Waals surface area contributed by atoms with Gasteiger partial charge in [-0.15, -0.1) is 11.3 Å². The Hall–Kier alpha value is -1.20. The van der Waals surface area contributed by atoms with E-state index < -0.39 is 0 Å². The van der Waals surface area contributed by atoms with Crippen LogP contribution < -0.4 is 10.6 Å². The highest BCUT2D eigenvalue weighted by atomic mass is 32.1. The summed E-state index contributed by atoms with van der Waals surface area (Å²) in [7, 11) is 0. The fourth-order valence-corrected chi connectivity index (χ4v) is 2.63. The summed E-state index contributed by atoms with van der Waals surface area (Å²) in [5, 5.41) is 1.14. The van der Waals surface area contributed by atoms with Crippen molar-refractivity contribution in [2.75, 3.05) is 24.5 Å². The smallest absolute Gasteiger partial charge is 0.140 e. The second kappa shape index (κ2) is 4.76. The molecule has 86 valence electrons. The number of likely N-dealkylation sites (N-methyl/N-ethyl adjacent to an activating group) is 1.